The largest absolute Gasteiger partial charge is 0.291 e. The third-order valence-electron chi connectivity index (χ3n) is 4.87. The molecule has 0 saturated heterocycles. The van der Waals surface area contributed by atoms with Crippen molar-refractivity contribution in [3.63, 3.8) is 0 Å². The second kappa shape index (κ2) is 7.97. The van der Waals surface area contributed by atoms with Crippen LogP contribution in [-0.4, -0.2) is 20.4 Å². The van der Waals surface area contributed by atoms with Gasteiger partial charge in [-0.2, -0.15) is 0 Å². The Morgan fingerprint density at radius 3 is 2.55 bits per heavy atom. The summed E-state index contributed by atoms with van der Waals surface area (Å²) in [6.45, 7) is 4.16. The molecule has 6 nitrogen and oxygen atoms in total. The molecule has 1 amide bonds. The van der Waals surface area contributed by atoms with Crippen molar-refractivity contribution in [1.82, 2.24) is 14.5 Å². The number of hydrogen-bond donors (Lipinski definition) is 0. The molecule has 4 rings (SSSR count). The lowest BCUT2D eigenvalue weighted by atomic mass is 10.2. The van der Waals surface area contributed by atoms with E-state index in [1.165, 1.54) is 22.2 Å². The Hall–Kier alpha value is -3.32. The molecule has 0 aliphatic carbocycles. The van der Waals surface area contributed by atoms with Crippen LogP contribution in [-0.2, 0) is 17.9 Å². The summed E-state index contributed by atoms with van der Waals surface area (Å²) in [4.78, 5) is 38.2. The number of nitrogens with zero attached hydrogens (tertiary/aromatic N) is 4. The van der Waals surface area contributed by atoms with Crippen LogP contribution in [0.1, 0.15) is 16.0 Å². The van der Waals surface area contributed by atoms with E-state index in [9.17, 15) is 9.59 Å². The number of aromatic nitrogens is 3. The number of aryl methyl sites for hydroxylation is 2. The van der Waals surface area contributed by atoms with Crippen LogP contribution in [0.25, 0.3) is 10.2 Å². The molecule has 0 N–H and O–H groups in total. The number of carbonyl (C=O) groups excluding carboxylic acids is 1. The van der Waals surface area contributed by atoms with E-state index in [1.54, 1.807) is 23.2 Å². The fourth-order valence-corrected chi connectivity index (χ4v) is 4.18. The van der Waals surface area contributed by atoms with Gasteiger partial charge in [-0.3, -0.25) is 19.1 Å². The van der Waals surface area contributed by atoms with E-state index in [1.807, 2.05) is 50.2 Å². The molecule has 0 aliphatic rings. The maximum Gasteiger partial charge on any atom is 0.262 e. The average Bonchev–Trinajstić information content (AvgIpc) is 3.04. The van der Waals surface area contributed by atoms with Crippen molar-refractivity contribution in [2.24, 2.45) is 0 Å². The molecule has 0 aliphatic heterocycles. The molecule has 0 atom stereocenters. The van der Waals surface area contributed by atoms with Crippen molar-refractivity contribution in [3.05, 3.63) is 87.4 Å². The molecular formula is C22H20N4O2S. The van der Waals surface area contributed by atoms with Crippen LogP contribution in [0.15, 0.2) is 65.8 Å². The summed E-state index contributed by atoms with van der Waals surface area (Å²) in [5.74, 6) is 0.325. The second-order valence-corrected chi connectivity index (χ2v) is 8.00. The summed E-state index contributed by atoms with van der Waals surface area (Å²) >= 11 is 1.50. The van der Waals surface area contributed by atoms with Crippen LogP contribution in [0.4, 0.5) is 5.82 Å². The predicted octanol–water partition coefficient (Wildman–Crippen LogP) is 3.70. The van der Waals surface area contributed by atoms with Gasteiger partial charge in [-0.15, -0.1) is 11.3 Å². The van der Waals surface area contributed by atoms with Gasteiger partial charge in [0.25, 0.3) is 5.56 Å². The number of thiophene rings is 1. The van der Waals surface area contributed by atoms with Crippen LogP contribution < -0.4 is 10.5 Å². The molecule has 0 bridgehead atoms. The standard InChI is InChI=1S/C22H20N4O2S/c1-15-16(2)29-21-20(15)22(28)25(14-24-21)13-19(27)26(18-10-6-7-11-23-18)12-17-8-4-3-5-9-17/h3-11,14H,12-13H2,1-2H3. The molecule has 1 aromatic carbocycles. The van der Waals surface area contributed by atoms with Gasteiger partial charge in [-0.25, -0.2) is 9.97 Å². The lowest BCUT2D eigenvalue weighted by molar-refractivity contribution is -0.119. The summed E-state index contributed by atoms with van der Waals surface area (Å²) in [5, 5.41) is 0.593. The number of benzene rings is 1. The minimum Gasteiger partial charge on any atom is -0.291 e. The zero-order chi connectivity index (χ0) is 20.4. The van der Waals surface area contributed by atoms with E-state index < -0.39 is 0 Å². The van der Waals surface area contributed by atoms with E-state index in [2.05, 4.69) is 9.97 Å². The maximum atomic E-state index is 13.2. The maximum absolute atomic E-state index is 13.2. The molecule has 3 heterocycles. The van der Waals surface area contributed by atoms with Gasteiger partial charge in [0.1, 0.15) is 17.2 Å². The lowest BCUT2D eigenvalue weighted by Gasteiger charge is -2.22. The molecule has 0 radical (unpaired) electrons. The Morgan fingerprint density at radius 1 is 1.07 bits per heavy atom. The molecular weight excluding hydrogens is 384 g/mol. The molecule has 29 heavy (non-hydrogen) atoms. The number of fused-ring (bicyclic) bond motifs is 1. The van der Waals surface area contributed by atoms with Gasteiger partial charge in [0.2, 0.25) is 5.91 Å². The number of rotatable bonds is 5. The quantitative estimate of drug-likeness (QED) is 0.509. The summed E-state index contributed by atoms with van der Waals surface area (Å²) in [6, 6.07) is 15.1. The third kappa shape index (κ3) is 3.82. The van der Waals surface area contributed by atoms with Crippen LogP contribution in [0.5, 0.6) is 0 Å². The van der Waals surface area contributed by atoms with Gasteiger partial charge in [0.05, 0.1) is 18.3 Å². The number of carbonyl (C=O) groups is 1. The minimum atomic E-state index is -0.222. The van der Waals surface area contributed by atoms with Gasteiger partial charge in [-0.1, -0.05) is 36.4 Å². The molecule has 4 aromatic rings. The van der Waals surface area contributed by atoms with Gasteiger partial charge >= 0.3 is 0 Å². The average molecular weight is 404 g/mol. The summed E-state index contributed by atoms with van der Waals surface area (Å²) in [7, 11) is 0. The summed E-state index contributed by atoms with van der Waals surface area (Å²) in [5.41, 5.74) is 1.72. The Labute approximate surface area is 172 Å². The normalized spacial score (nSPS) is 11.0. The zero-order valence-electron chi connectivity index (χ0n) is 16.2. The second-order valence-electron chi connectivity index (χ2n) is 6.79. The fourth-order valence-electron chi connectivity index (χ4n) is 3.19. The summed E-state index contributed by atoms with van der Waals surface area (Å²) in [6.07, 6.45) is 3.11. The van der Waals surface area contributed by atoms with Crippen molar-refractivity contribution in [2.75, 3.05) is 4.90 Å². The van der Waals surface area contributed by atoms with Gasteiger partial charge < -0.3 is 0 Å². The SMILES string of the molecule is Cc1sc2ncn(CC(=O)N(Cc3ccccc3)c3ccccn3)c(=O)c2c1C. The first-order valence-corrected chi connectivity index (χ1v) is 10.1. The molecule has 0 saturated carbocycles. The van der Waals surface area contributed by atoms with Crippen LogP contribution in [0.3, 0.4) is 0 Å². The molecule has 7 heteroatoms. The molecule has 0 unspecified atom stereocenters. The van der Waals surface area contributed by atoms with E-state index >= 15 is 0 Å². The van der Waals surface area contributed by atoms with Gasteiger partial charge in [-0.05, 0) is 37.1 Å². The zero-order valence-corrected chi connectivity index (χ0v) is 17.0. The van der Waals surface area contributed by atoms with E-state index in [0.29, 0.717) is 22.6 Å². The molecule has 146 valence electrons. The predicted molar refractivity (Wildman–Crippen MR) is 115 cm³/mol. The Morgan fingerprint density at radius 2 is 1.83 bits per heavy atom. The first-order valence-electron chi connectivity index (χ1n) is 9.25. The Kier molecular flexibility index (Phi) is 5.22. The van der Waals surface area contributed by atoms with Gasteiger partial charge in [0, 0.05) is 11.1 Å². The van der Waals surface area contributed by atoms with Crippen molar-refractivity contribution >= 4 is 33.3 Å². The van der Waals surface area contributed by atoms with E-state index in [4.69, 9.17) is 0 Å². The first kappa shape index (κ1) is 19.0. The number of pyridine rings is 1. The van der Waals surface area contributed by atoms with E-state index in [-0.39, 0.29) is 18.0 Å². The van der Waals surface area contributed by atoms with Crippen molar-refractivity contribution in [1.29, 1.82) is 0 Å². The number of anilines is 1. The minimum absolute atomic E-state index is 0.0977. The van der Waals surface area contributed by atoms with Crippen molar-refractivity contribution in [2.45, 2.75) is 26.9 Å². The summed E-state index contributed by atoms with van der Waals surface area (Å²) < 4.78 is 1.38. The number of hydrogen-bond acceptors (Lipinski definition) is 5. The number of amides is 1. The highest BCUT2D eigenvalue weighted by atomic mass is 32.1. The Bertz CT molecular complexity index is 1220. The van der Waals surface area contributed by atoms with Crippen LogP contribution >= 0.6 is 11.3 Å². The van der Waals surface area contributed by atoms with Gasteiger partial charge in [0.15, 0.2) is 0 Å². The van der Waals surface area contributed by atoms with Crippen molar-refractivity contribution < 1.29 is 4.79 Å². The van der Waals surface area contributed by atoms with E-state index in [0.717, 1.165) is 16.0 Å². The molecule has 0 spiro atoms. The molecule has 3 aromatic heterocycles. The fraction of sp³-hybridized carbons (Fsp3) is 0.182. The third-order valence-corrected chi connectivity index (χ3v) is 5.99. The first-order chi connectivity index (χ1) is 14.0. The monoisotopic (exact) mass is 404 g/mol. The topological polar surface area (TPSA) is 68.1 Å². The molecule has 0 fully saturated rings. The lowest BCUT2D eigenvalue weighted by Crippen LogP contribution is -2.36. The highest BCUT2D eigenvalue weighted by Crippen LogP contribution is 2.25. The van der Waals surface area contributed by atoms with Crippen LogP contribution in [0, 0.1) is 13.8 Å². The smallest absolute Gasteiger partial charge is 0.262 e. The Balaban J connectivity index is 1.68. The highest BCUT2D eigenvalue weighted by Gasteiger charge is 2.20. The highest BCUT2D eigenvalue weighted by molar-refractivity contribution is 7.18. The van der Waals surface area contributed by atoms with Crippen molar-refractivity contribution in [3.8, 4) is 0 Å². The van der Waals surface area contributed by atoms with Crippen LogP contribution in [0.2, 0.25) is 0 Å².